The summed E-state index contributed by atoms with van der Waals surface area (Å²) in [6.45, 7) is 1.02. The van der Waals surface area contributed by atoms with Crippen molar-refractivity contribution in [1.29, 1.82) is 0 Å². The lowest BCUT2D eigenvalue weighted by molar-refractivity contribution is -0.135. The molecule has 2 amide bonds. The van der Waals surface area contributed by atoms with Crippen LogP contribution in [-0.2, 0) is 22.6 Å². The molecule has 2 aliphatic heterocycles. The summed E-state index contributed by atoms with van der Waals surface area (Å²) in [6, 6.07) is 5.22. The van der Waals surface area contributed by atoms with E-state index in [1.807, 2.05) is 37.2 Å². The molecule has 0 aliphatic carbocycles. The molecule has 0 radical (unpaired) electrons. The van der Waals surface area contributed by atoms with Gasteiger partial charge in [-0.1, -0.05) is 6.07 Å². The zero-order valence-corrected chi connectivity index (χ0v) is 15.5. The number of rotatable bonds is 3. The molecule has 0 saturated carbocycles. The maximum atomic E-state index is 12.8. The van der Waals surface area contributed by atoms with Gasteiger partial charge in [0.2, 0.25) is 11.8 Å². The molecule has 4 heterocycles. The Labute approximate surface area is 157 Å². The van der Waals surface area contributed by atoms with Crippen LogP contribution in [0.5, 0.6) is 0 Å². The van der Waals surface area contributed by atoms with Crippen LogP contribution in [0.4, 0.5) is 5.82 Å². The number of nitrogens with zero attached hydrogens (tertiary/aromatic N) is 5. The maximum Gasteiger partial charge on any atom is 0.245 e. The first-order valence-electron chi connectivity index (χ1n) is 9.09. The number of aromatic nitrogens is 3. The average molecular weight is 366 g/mol. The number of pyridine rings is 1. The van der Waals surface area contributed by atoms with E-state index < -0.39 is 6.04 Å². The fraction of sp³-hybridized carbons (Fsp3) is 0.421. The highest BCUT2D eigenvalue weighted by Crippen LogP contribution is 2.28. The van der Waals surface area contributed by atoms with E-state index in [0.29, 0.717) is 43.9 Å². The molecule has 1 N–H and O–H groups in total. The molecular weight excluding hydrogens is 344 g/mol. The van der Waals surface area contributed by atoms with Gasteiger partial charge in [-0.25, -0.2) is 9.97 Å². The summed E-state index contributed by atoms with van der Waals surface area (Å²) in [5.41, 5.74) is 2.62. The number of hydrogen-bond acceptors (Lipinski definition) is 6. The van der Waals surface area contributed by atoms with E-state index in [2.05, 4.69) is 10.3 Å². The van der Waals surface area contributed by atoms with Gasteiger partial charge in [0, 0.05) is 38.8 Å². The van der Waals surface area contributed by atoms with Gasteiger partial charge in [0.1, 0.15) is 17.6 Å². The summed E-state index contributed by atoms with van der Waals surface area (Å²) in [7, 11) is 3.91. The summed E-state index contributed by atoms with van der Waals surface area (Å²) in [6.07, 6.45) is 3.38. The van der Waals surface area contributed by atoms with Gasteiger partial charge in [0.25, 0.3) is 0 Å². The van der Waals surface area contributed by atoms with Crippen molar-refractivity contribution in [2.75, 3.05) is 25.5 Å². The Bertz CT molecular complexity index is 883. The minimum atomic E-state index is -0.413. The topological polar surface area (TPSA) is 91.3 Å². The molecule has 0 spiro atoms. The molecule has 0 bridgehead atoms. The van der Waals surface area contributed by atoms with Crippen LogP contribution in [0.2, 0.25) is 0 Å². The largest absolute Gasteiger partial charge is 0.362 e. The minimum absolute atomic E-state index is 0.0316. The van der Waals surface area contributed by atoms with Crippen LogP contribution in [0, 0.1) is 0 Å². The summed E-state index contributed by atoms with van der Waals surface area (Å²) in [5.74, 6) is 1.33. The molecule has 8 nitrogen and oxygen atoms in total. The van der Waals surface area contributed by atoms with Crippen LogP contribution in [0.15, 0.2) is 24.4 Å². The first kappa shape index (κ1) is 17.4. The lowest BCUT2D eigenvalue weighted by Gasteiger charge is -2.32. The van der Waals surface area contributed by atoms with Crippen LogP contribution in [0.1, 0.15) is 24.1 Å². The van der Waals surface area contributed by atoms with Crippen molar-refractivity contribution in [2.24, 2.45) is 0 Å². The van der Waals surface area contributed by atoms with Crippen LogP contribution in [0.25, 0.3) is 11.5 Å². The van der Waals surface area contributed by atoms with Crippen LogP contribution >= 0.6 is 0 Å². The van der Waals surface area contributed by atoms with E-state index in [0.717, 1.165) is 17.1 Å². The van der Waals surface area contributed by atoms with Gasteiger partial charge >= 0.3 is 0 Å². The second-order valence-electron chi connectivity index (χ2n) is 7.07. The highest BCUT2D eigenvalue weighted by atomic mass is 16.2. The van der Waals surface area contributed by atoms with Crippen molar-refractivity contribution in [1.82, 2.24) is 25.2 Å². The van der Waals surface area contributed by atoms with Crippen LogP contribution < -0.4 is 10.2 Å². The molecule has 4 rings (SSSR count). The van der Waals surface area contributed by atoms with Gasteiger partial charge in [0.15, 0.2) is 5.82 Å². The molecule has 8 heteroatoms. The lowest BCUT2D eigenvalue weighted by Crippen LogP contribution is -2.46. The first-order chi connectivity index (χ1) is 13.0. The van der Waals surface area contributed by atoms with Crippen LogP contribution in [0.3, 0.4) is 0 Å². The Morgan fingerprint density at radius 1 is 1.26 bits per heavy atom. The molecule has 1 fully saturated rings. The van der Waals surface area contributed by atoms with Gasteiger partial charge in [-0.05, 0) is 25.0 Å². The van der Waals surface area contributed by atoms with E-state index in [9.17, 15) is 9.59 Å². The molecule has 1 atom stereocenters. The van der Waals surface area contributed by atoms with E-state index in [1.54, 1.807) is 11.1 Å². The molecule has 2 aromatic rings. The summed E-state index contributed by atoms with van der Waals surface area (Å²) in [5, 5.41) is 2.76. The standard InChI is InChI=1S/C19H22N6O2/c1-24(2)18-12-8-10-25(19(27)14-6-7-16(26)21-14)11-15(12)22-17(23-18)13-5-3-4-9-20-13/h3-5,9,14H,6-8,10-11H2,1-2H3,(H,21,26)/t14-/m0/s1. The van der Waals surface area contributed by atoms with E-state index in [4.69, 9.17) is 9.97 Å². The summed E-state index contributed by atoms with van der Waals surface area (Å²) in [4.78, 5) is 41.8. The number of amides is 2. The first-order valence-corrected chi connectivity index (χ1v) is 9.09. The van der Waals surface area contributed by atoms with Crippen molar-refractivity contribution in [3.63, 3.8) is 0 Å². The molecule has 2 aromatic heterocycles. The fourth-order valence-electron chi connectivity index (χ4n) is 3.60. The zero-order valence-electron chi connectivity index (χ0n) is 15.5. The Balaban J connectivity index is 1.66. The lowest BCUT2D eigenvalue weighted by atomic mass is 10.0. The number of anilines is 1. The van der Waals surface area contributed by atoms with Crippen molar-refractivity contribution in [2.45, 2.75) is 31.8 Å². The van der Waals surface area contributed by atoms with Crippen molar-refractivity contribution >= 4 is 17.6 Å². The third kappa shape index (κ3) is 3.34. The SMILES string of the molecule is CN(C)c1nc(-c2ccccn2)nc2c1CCN(C(=O)[C@@H]1CCC(=O)N1)C2. The number of carbonyl (C=O) groups is 2. The Kier molecular flexibility index (Phi) is 4.47. The quantitative estimate of drug-likeness (QED) is 0.863. The Hall–Kier alpha value is -3.03. The van der Waals surface area contributed by atoms with Gasteiger partial charge < -0.3 is 15.1 Å². The van der Waals surface area contributed by atoms with Gasteiger partial charge in [-0.2, -0.15) is 0 Å². The smallest absolute Gasteiger partial charge is 0.245 e. The predicted molar refractivity (Wildman–Crippen MR) is 99.9 cm³/mol. The molecule has 140 valence electrons. The number of nitrogens with one attached hydrogen (secondary N) is 1. The highest BCUT2D eigenvalue weighted by Gasteiger charge is 2.33. The van der Waals surface area contributed by atoms with Crippen LogP contribution in [-0.4, -0.2) is 58.3 Å². The van der Waals surface area contributed by atoms with Crippen molar-refractivity contribution in [3.05, 3.63) is 35.7 Å². The highest BCUT2D eigenvalue weighted by molar-refractivity contribution is 5.91. The third-order valence-corrected chi connectivity index (χ3v) is 4.97. The molecule has 1 saturated heterocycles. The number of carbonyl (C=O) groups excluding carboxylic acids is 2. The summed E-state index contributed by atoms with van der Waals surface area (Å²) >= 11 is 0. The number of fused-ring (bicyclic) bond motifs is 1. The molecule has 0 unspecified atom stereocenters. The fourth-order valence-corrected chi connectivity index (χ4v) is 3.60. The van der Waals surface area contributed by atoms with E-state index in [1.165, 1.54) is 0 Å². The van der Waals surface area contributed by atoms with Gasteiger partial charge in [0.05, 0.1) is 12.2 Å². The molecule has 0 aromatic carbocycles. The maximum absolute atomic E-state index is 12.8. The Morgan fingerprint density at radius 2 is 2.11 bits per heavy atom. The Morgan fingerprint density at radius 3 is 2.78 bits per heavy atom. The third-order valence-electron chi connectivity index (χ3n) is 4.97. The second-order valence-corrected chi connectivity index (χ2v) is 7.07. The molecular formula is C19H22N6O2. The normalized spacial score (nSPS) is 18.8. The monoisotopic (exact) mass is 366 g/mol. The molecule has 2 aliphatic rings. The molecule has 27 heavy (non-hydrogen) atoms. The van der Waals surface area contributed by atoms with Gasteiger partial charge in [-0.3, -0.25) is 14.6 Å². The number of hydrogen-bond donors (Lipinski definition) is 1. The minimum Gasteiger partial charge on any atom is -0.362 e. The average Bonchev–Trinajstić information content (AvgIpc) is 3.13. The van der Waals surface area contributed by atoms with Crippen molar-refractivity contribution in [3.8, 4) is 11.5 Å². The van der Waals surface area contributed by atoms with Gasteiger partial charge in [-0.15, -0.1) is 0 Å². The van der Waals surface area contributed by atoms with E-state index >= 15 is 0 Å². The predicted octanol–water partition coefficient (Wildman–Crippen LogP) is 0.768. The second kappa shape index (κ2) is 6.94. The zero-order chi connectivity index (χ0) is 19.0. The van der Waals surface area contributed by atoms with Crippen molar-refractivity contribution < 1.29 is 9.59 Å². The van der Waals surface area contributed by atoms with E-state index in [-0.39, 0.29) is 11.8 Å². The summed E-state index contributed by atoms with van der Waals surface area (Å²) < 4.78 is 0.